The molecule has 0 amide bonds. The van der Waals surface area contributed by atoms with Gasteiger partial charge in [0.25, 0.3) is 0 Å². The normalized spacial score (nSPS) is 48.8. The highest BCUT2D eigenvalue weighted by Gasteiger charge is 2.56. The second-order valence-electron chi connectivity index (χ2n) is 8.45. The lowest BCUT2D eigenvalue weighted by Crippen LogP contribution is -2.67. The molecule has 15 atom stereocenters. The van der Waals surface area contributed by atoms with E-state index in [1.54, 1.807) is 0 Å². The van der Waals surface area contributed by atoms with Crippen molar-refractivity contribution in [2.75, 3.05) is 0 Å². The number of aliphatic hydroxyl groups is 8. The molecule has 0 aromatic rings. The van der Waals surface area contributed by atoms with Crippen molar-refractivity contribution in [1.82, 2.24) is 0 Å². The summed E-state index contributed by atoms with van der Waals surface area (Å²) in [5.74, 6) is -5.46. The molecule has 212 valence electrons. The Labute approximate surface area is 205 Å². The van der Waals surface area contributed by atoms with Gasteiger partial charge in [0.05, 0.1) is 0 Å². The quantitative estimate of drug-likeness (QED) is 0.141. The Balaban J connectivity index is 1.81. The highest BCUT2D eigenvalue weighted by atomic mass is 16.8. The number of aliphatic carboxylic acids is 3. The van der Waals surface area contributed by atoms with Crippen molar-refractivity contribution < 1.29 is 94.2 Å². The van der Waals surface area contributed by atoms with Crippen LogP contribution in [0.25, 0.3) is 0 Å². The van der Waals surface area contributed by atoms with Crippen LogP contribution < -0.4 is 0 Å². The summed E-state index contributed by atoms with van der Waals surface area (Å²) in [6, 6.07) is 0. The molecule has 0 unspecified atom stereocenters. The zero-order chi connectivity index (χ0) is 27.9. The third kappa shape index (κ3) is 5.68. The minimum absolute atomic E-state index is 1.79. The van der Waals surface area contributed by atoms with Gasteiger partial charge in [0.1, 0.15) is 54.9 Å². The maximum atomic E-state index is 11.8. The van der Waals surface area contributed by atoms with Gasteiger partial charge in [-0.2, -0.15) is 0 Å². The molecule has 0 aromatic heterocycles. The minimum atomic E-state index is -2.29. The first-order chi connectivity index (χ1) is 17.2. The van der Waals surface area contributed by atoms with Gasteiger partial charge in [-0.05, 0) is 0 Å². The van der Waals surface area contributed by atoms with Gasteiger partial charge in [0, 0.05) is 0 Å². The van der Waals surface area contributed by atoms with Crippen LogP contribution in [0.15, 0.2) is 0 Å². The summed E-state index contributed by atoms with van der Waals surface area (Å²) in [6.45, 7) is 0. The molecule has 19 nitrogen and oxygen atoms in total. The average molecular weight is 546 g/mol. The van der Waals surface area contributed by atoms with E-state index in [0.717, 1.165) is 0 Å². The van der Waals surface area contributed by atoms with Crippen molar-refractivity contribution in [2.45, 2.75) is 92.1 Å². The van der Waals surface area contributed by atoms with Gasteiger partial charge in [-0.1, -0.05) is 0 Å². The predicted molar refractivity (Wildman–Crippen MR) is 103 cm³/mol. The molecule has 3 aliphatic heterocycles. The fourth-order valence-electron chi connectivity index (χ4n) is 3.98. The van der Waals surface area contributed by atoms with E-state index in [0.29, 0.717) is 0 Å². The summed E-state index contributed by atoms with van der Waals surface area (Å²) < 4.78 is 24.8. The number of rotatable bonds is 7. The van der Waals surface area contributed by atoms with Crippen LogP contribution in [0.3, 0.4) is 0 Å². The number of hydrogen-bond acceptors (Lipinski definition) is 16. The SMILES string of the molecule is O=C(O)[C@H]1O[C@@H](O[C@H]2[C@H](O)[C@H](O)[C@@H](O[C@H]3[C@H](O)[C@H](O)[C@H](O)O[C@H]3C(=O)O)O[C@@H]2C(=O)O)[C@@H](O)[C@@H](O)[C@@H]1O. The molecule has 3 aliphatic rings. The average Bonchev–Trinajstić information content (AvgIpc) is 2.82. The van der Waals surface area contributed by atoms with E-state index in [1.165, 1.54) is 0 Å². The molecule has 0 aliphatic carbocycles. The lowest BCUT2D eigenvalue weighted by atomic mass is 9.95. The van der Waals surface area contributed by atoms with Crippen molar-refractivity contribution >= 4 is 17.9 Å². The monoisotopic (exact) mass is 546 g/mol. The number of ether oxygens (including phenoxy) is 5. The molecule has 3 fully saturated rings. The van der Waals surface area contributed by atoms with Crippen LogP contribution in [0.1, 0.15) is 0 Å². The molecular weight excluding hydrogens is 520 g/mol. The number of hydrogen-bond donors (Lipinski definition) is 11. The van der Waals surface area contributed by atoms with Crippen LogP contribution in [0.2, 0.25) is 0 Å². The topological polar surface area (TPSA) is 320 Å². The Kier molecular flexibility index (Phi) is 9.01. The first kappa shape index (κ1) is 29.4. The molecule has 3 heterocycles. The Morgan fingerprint density at radius 1 is 0.459 bits per heavy atom. The van der Waals surface area contributed by atoms with E-state index in [4.69, 9.17) is 24.1 Å². The second kappa shape index (κ2) is 11.3. The maximum Gasteiger partial charge on any atom is 0.335 e. The lowest BCUT2D eigenvalue weighted by molar-refractivity contribution is -0.368. The molecule has 3 saturated heterocycles. The summed E-state index contributed by atoms with van der Waals surface area (Å²) in [5.41, 5.74) is 0. The highest BCUT2D eigenvalue weighted by Crippen LogP contribution is 2.32. The van der Waals surface area contributed by atoms with E-state index >= 15 is 0 Å². The van der Waals surface area contributed by atoms with E-state index in [1.807, 2.05) is 0 Å². The Morgan fingerprint density at radius 2 is 0.838 bits per heavy atom. The van der Waals surface area contributed by atoms with Crippen LogP contribution in [-0.4, -0.2) is 166 Å². The molecule has 0 spiro atoms. The summed E-state index contributed by atoms with van der Waals surface area (Å²) in [6.07, 6.45) is -32.5. The van der Waals surface area contributed by atoms with Crippen LogP contribution in [0.5, 0.6) is 0 Å². The third-order valence-corrected chi connectivity index (χ3v) is 5.99. The van der Waals surface area contributed by atoms with Crippen molar-refractivity contribution in [2.24, 2.45) is 0 Å². The molecule has 0 aromatic carbocycles. The Morgan fingerprint density at radius 3 is 1.30 bits per heavy atom. The van der Waals surface area contributed by atoms with Crippen LogP contribution in [-0.2, 0) is 38.1 Å². The van der Waals surface area contributed by atoms with Gasteiger partial charge >= 0.3 is 17.9 Å². The van der Waals surface area contributed by atoms with Gasteiger partial charge < -0.3 is 79.9 Å². The molecule has 11 N–H and O–H groups in total. The summed E-state index contributed by atoms with van der Waals surface area (Å²) in [4.78, 5) is 34.5. The molecule has 0 radical (unpaired) electrons. The third-order valence-electron chi connectivity index (χ3n) is 5.99. The molecule has 0 saturated carbocycles. The summed E-state index contributed by atoms with van der Waals surface area (Å²) in [5, 5.41) is 108. The van der Waals surface area contributed by atoms with Crippen molar-refractivity contribution in [3.8, 4) is 0 Å². The standard InChI is InChI=1S/C18H26O19/c19-1-2(20)10(13(26)27)36-17(6(1)24)35-9-4(22)7(25)18(37-12(9)15(30)31)34-8-3(21)5(23)16(32)33-11(8)14(28)29/h1-12,16-25,32H,(H,26,27)(H,28,29)(H,30,31)/t1-,2-,3+,4+,5-,6-,7-,8-,9-,10-,11+,12-,16+,17+,18-/m0/s1. The van der Waals surface area contributed by atoms with Crippen molar-refractivity contribution in [3.05, 3.63) is 0 Å². The number of carboxylic acids is 3. The summed E-state index contributed by atoms with van der Waals surface area (Å²) in [7, 11) is 0. The fraction of sp³-hybridized carbons (Fsp3) is 0.833. The summed E-state index contributed by atoms with van der Waals surface area (Å²) >= 11 is 0. The maximum absolute atomic E-state index is 11.8. The van der Waals surface area contributed by atoms with E-state index in [-0.39, 0.29) is 0 Å². The van der Waals surface area contributed by atoms with Crippen LogP contribution in [0, 0.1) is 0 Å². The molecular formula is C18H26O19. The van der Waals surface area contributed by atoms with E-state index < -0.39 is 110 Å². The fourth-order valence-corrected chi connectivity index (χ4v) is 3.98. The van der Waals surface area contributed by atoms with Gasteiger partial charge in [-0.25, -0.2) is 14.4 Å². The molecule has 0 bridgehead atoms. The van der Waals surface area contributed by atoms with Gasteiger partial charge in [-0.3, -0.25) is 0 Å². The van der Waals surface area contributed by atoms with Crippen molar-refractivity contribution in [3.63, 3.8) is 0 Å². The van der Waals surface area contributed by atoms with Crippen LogP contribution in [0.4, 0.5) is 0 Å². The zero-order valence-electron chi connectivity index (χ0n) is 18.3. The molecule has 37 heavy (non-hydrogen) atoms. The van der Waals surface area contributed by atoms with Crippen molar-refractivity contribution in [1.29, 1.82) is 0 Å². The Hall–Kier alpha value is -2.11. The lowest BCUT2D eigenvalue weighted by Gasteiger charge is -2.46. The first-order valence-corrected chi connectivity index (χ1v) is 10.6. The van der Waals surface area contributed by atoms with Gasteiger partial charge in [0.2, 0.25) is 0 Å². The number of carbonyl (C=O) groups is 3. The van der Waals surface area contributed by atoms with Gasteiger partial charge in [-0.15, -0.1) is 0 Å². The largest absolute Gasteiger partial charge is 0.479 e. The Bertz CT molecular complexity index is 853. The van der Waals surface area contributed by atoms with E-state index in [9.17, 15) is 65.4 Å². The molecule has 19 heteroatoms. The highest BCUT2D eigenvalue weighted by molar-refractivity contribution is 5.74. The first-order valence-electron chi connectivity index (χ1n) is 10.6. The smallest absolute Gasteiger partial charge is 0.335 e. The number of carboxylic acid groups (broad SMARTS) is 3. The zero-order valence-corrected chi connectivity index (χ0v) is 18.3. The number of aliphatic hydroxyl groups excluding tert-OH is 8. The molecule has 3 rings (SSSR count). The van der Waals surface area contributed by atoms with Gasteiger partial charge in [0.15, 0.2) is 37.2 Å². The second-order valence-corrected chi connectivity index (χ2v) is 8.45. The van der Waals surface area contributed by atoms with Crippen LogP contribution >= 0.6 is 0 Å². The predicted octanol–water partition coefficient (Wildman–Crippen LogP) is -7.30. The van der Waals surface area contributed by atoms with E-state index in [2.05, 4.69) is 4.74 Å². The minimum Gasteiger partial charge on any atom is -0.479 e.